The largest absolute Gasteiger partial charge is 0.459 e. The molecule has 0 spiro atoms. The lowest BCUT2D eigenvalue weighted by atomic mass is 9.89. The van der Waals surface area contributed by atoms with E-state index in [1.54, 1.807) is 0 Å². The number of benzene rings is 1. The molecule has 1 aromatic carbocycles. The molecule has 2 aromatic rings. The fraction of sp³-hybridized carbons (Fsp3) is 0.591. The summed E-state index contributed by atoms with van der Waals surface area (Å²) in [7, 11) is 0. The van der Waals surface area contributed by atoms with Gasteiger partial charge in [0.25, 0.3) is 0 Å². The third-order valence-electron chi connectivity index (χ3n) is 6.14. The van der Waals surface area contributed by atoms with E-state index in [1.807, 2.05) is 23.1 Å². The van der Waals surface area contributed by atoms with Crippen LogP contribution in [0.5, 0.6) is 0 Å². The van der Waals surface area contributed by atoms with Gasteiger partial charge in [-0.1, -0.05) is 25.1 Å². The molecule has 3 unspecified atom stereocenters. The number of piperidine rings is 1. The molecule has 3 heterocycles. The van der Waals surface area contributed by atoms with Crippen LogP contribution in [0, 0.1) is 5.92 Å². The van der Waals surface area contributed by atoms with Gasteiger partial charge in [-0.25, -0.2) is 0 Å². The fourth-order valence-corrected chi connectivity index (χ4v) is 4.84. The fourth-order valence-electron chi connectivity index (χ4n) is 4.84. The molecule has 0 aliphatic carbocycles. The van der Waals surface area contributed by atoms with Crippen LogP contribution in [0.4, 0.5) is 0 Å². The van der Waals surface area contributed by atoms with Crippen molar-refractivity contribution in [2.45, 2.75) is 70.5 Å². The van der Waals surface area contributed by atoms with E-state index in [1.165, 1.54) is 12.8 Å². The van der Waals surface area contributed by atoms with Gasteiger partial charge in [-0.15, -0.1) is 0 Å². The van der Waals surface area contributed by atoms with Crippen LogP contribution in [0.2, 0.25) is 0 Å². The number of hydrogen-bond acceptors (Lipinski definition) is 3. The van der Waals surface area contributed by atoms with E-state index in [0.717, 1.165) is 42.5 Å². The van der Waals surface area contributed by atoms with Crippen LogP contribution in [0.15, 0.2) is 34.7 Å². The van der Waals surface area contributed by atoms with Crippen molar-refractivity contribution in [1.29, 1.82) is 0 Å². The molecule has 2 aliphatic rings. The van der Waals surface area contributed by atoms with E-state index in [2.05, 4.69) is 31.3 Å². The van der Waals surface area contributed by atoms with Gasteiger partial charge >= 0.3 is 0 Å². The average molecular weight is 354 g/mol. The first-order valence-corrected chi connectivity index (χ1v) is 10.2. The predicted octanol–water partition coefficient (Wildman–Crippen LogP) is 4.65. The molecule has 2 saturated heterocycles. The molecule has 1 N–H and O–H groups in total. The minimum atomic E-state index is -0.0201. The summed E-state index contributed by atoms with van der Waals surface area (Å²) in [5.41, 5.74) is 0.896. The first-order chi connectivity index (χ1) is 12.6. The second-order valence-electron chi connectivity index (χ2n) is 8.13. The van der Waals surface area contributed by atoms with E-state index < -0.39 is 0 Å². The van der Waals surface area contributed by atoms with Gasteiger partial charge in [0, 0.05) is 30.4 Å². The Morgan fingerprint density at radius 2 is 2.00 bits per heavy atom. The summed E-state index contributed by atoms with van der Waals surface area (Å²) in [5, 5.41) is 4.78. The highest BCUT2D eigenvalue weighted by Gasteiger charge is 2.35. The van der Waals surface area contributed by atoms with Crippen LogP contribution in [0.1, 0.15) is 64.2 Å². The lowest BCUT2D eigenvalue weighted by molar-refractivity contribution is -0.135. The number of nitrogens with one attached hydrogen (secondary N) is 1. The smallest absolute Gasteiger partial charge is 0.223 e. The first kappa shape index (κ1) is 17.6. The van der Waals surface area contributed by atoms with Gasteiger partial charge in [0.1, 0.15) is 11.3 Å². The number of rotatable bonds is 6. The van der Waals surface area contributed by atoms with Gasteiger partial charge < -0.3 is 14.6 Å². The van der Waals surface area contributed by atoms with Crippen LogP contribution >= 0.6 is 0 Å². The molecule has 0 saturated carbocycles. The molecule has 4 nitrogen and oxygen atoms in total. The van der Waals surface area contributed by atoms with Crippen LogP contribution < -0.4 is 5.32 Å². The van der Waals surface area contributed by atoms with Crippen molar-refractivity contribution in [1.82, 2.24) is 10.2 Å². The van der Waals surface area contributed by atoms with Crippen LogP contribution in [0.3, 0.4) is 0 Å². The zero-order valence-electron chi connectivity index (χ0n) is 15.9. The van der Waals surface area contributed by atoms with Crippen LogP contribution in [-0.2, 0) is 4.79 Å². The molecule has 2 aliphatic heterocycles. The molecule has 4 heteroatoms. The Hall–Kier alpha value is -1.81. The number of carbonyl (C=O) groups excluding carboxylic acids is 1. The van der Waals surface area contributed by atoms with E-state index in [9.17, 15) is 4.79 Å². The highest BCUT2D eigenvalue weighted by molar-refractivity contribution is 5.79. The maximum atomic E-state index is 13.1. The highest BCUT2D eigenvalue weighted by Crippen LogP contribution is 2.34. The van der Waals surface area contributed by atoms with Gasteiger partial charge in [-0.2, -0.15) is 0 Å². The molecule has 1 aromatic heterocycles. The maximum Gasteiger partial charge on any atom is 0.223 e. The molecule has 2 fully saturated rings. The van der Waals surface area contributed by atoms with Crippen molar-refractivity contribution in [2.75, 3.05) is 6.54 Å². The lowest BCUT2D eigenvalue weighted by Gasteiger charge is -2.32. The SMILES string of the molecule is CCCN(C(=O)CC1CC2CCC(C1)N2)C(C)c1cc2ccccc2o1. The van der Waals surface area contributed by atoms with E-state index >= 15 is 0 Å². The Bertz CT molecular complexity index is 723. The molecule has 140 valence electrons. The summed E-state index contributed by atoms with van der Waals surface area (Å²) in [6.45, 7) is 5.02. The molecule has 0 radical (unpaired) electrons. The van der Waals surface area contributed by atoms with Crippen molar-refractivity contribution in [3.63, 3.8) is 0 Å². The van der Waals surface area contributed by atoms with E-state index in [4.69, 9.17) is 4.42 Å². The summed E-state index contributed by atoms with van der Waals surface area (Å²) >= 11 is 0. The number of amides is 1. The normalized spacial score (nSPS) is 26.2. The number of furan rings is 1. The monoisotopic (exact) mass is 354 g/mol. The van der Waals surface area contributed by atoms with Crippen molar-refractivity contribution in [2.24, 2.45) is 5.92 Å². The number of fused-ring (bicyclic) bond motifs is 3. The highest BCUT2D eigenvalue weighted by atomic mass is 16.3. The standard InChI is InChI=1S/C22H30N2O2/c1-3-10-24(15(2)21-14-17-6-4-5-7-20(17)26-21)22(25)13-16-11-18-8-9-19(12-16)23-18/h4-7,14-16,18-19,23H,3,8-13H2,1-2H3. The van der Waals surface area contributed by atoms with Crippen molar-refractivity contribution in [3.05, 3.63) is 36.1 Å². The molecule has 1 amide bonds. The Balaban J connectivity index is 1.47. The topological polar surface area (TPSA) is 45.5 Å². The second kappa shape index (κ2) is 7.43. The van der Waals surface area contributed by atoms with Gasteiger partial charge in [0.2, 0.25) is 5.91 Å². The van der Waals surface area contributed by atoms with Gasteiger partial charge in [-0.05, 0) is 57.1 Å². The maximum absolute atomic E-state index is 13.1. The Morgan fingerprint density at radius 1 is 1.27 bits per heavy atom. The summed E-state index contributed by atoms with van der Waals surface area (Å²) in [4.78, 5) is 15.2. The molecular weight excluding hydrogens is 324 g/mol. The molecule has 2 bridgehead atoms. The lowest BCUT2D eigenvalue weighted by Crippen LogP contribution is -2.41. The van der Waals surface area contributed by atoms with E-state index in [-0.39, 0.29) is 11.9 Å². The summed E-state index contributed by atoms with van der Waals surface area (Å²) in [5.74, 6) is 1.70. The summed E-state index contributed by atoms with van der Waals surface area (Å²) < 4.78 is 6.04. The Morgan fingerprint density at radius 3 is 2.69 bits per heavy atom. The number of nitrogens with zero attached hydrogens (tertiary/aromatic N) is 1. The first-order valence-electron chi connectivity index (χ1n) is 10.2. The molecule has 3 atom stereocenters. The van der Waals surface area contributed by atoms with Crippen molar-refractivity contribution < 1.29 is 9.21 Å². The number of para-hydroxylation sites is 1. The summed E-state index contributed by atoms with van der Waals surface area (Å²) in [6, 6.07) is 11.4. The summed E-state index contributed by atoms with van der Waals surface area (Å²) in [6.07, 6.45) is 6.52. The zero-order valence-corrected chi connectivity index (χ0v) is 15.9. The van der Waals surface area contributed by atoms with Crippen molar-refractivity contribution in [3.8, 4) is 0 Å². The third-order valence-corrected chi connectivity index (χ3v) is 6.14. The van der Waals surface area contributed by atoms with Crippen molar-refractivity contribution >= 4 is 16.9 Å². The predicted molar refractivity (Wildman–Crippen MR) is 104 cm³/mol. The Kier molecular flexibility index (Phi) is 5.03. The molecule has 4 rings (SSSR count). The van der Waals surface area contributed by atoms with Gasteiger partial charge in [0.15, 0.2) is 0 Å². The molecule has 26 heavy (non-hydrogen) atoms. The Labute approximate surface area is 155 Å². The minimum Gasteiger partial charge on any atom is -0.459 e. The number of carbonyl (C=O) groups is 1. The minimum absolute atomic E-state index is 0.0201. The van der Waals surface area contributed by atoms with E-state index in [0.29, 0.717) is 24.4 Å². The van der Waals surface area contributed by atoms with Crippen LogP contribution in [-0.4, -0.2) is 29.4 Å². The van der Waals surface area contributed by atoms with Crippen LogP contribution in [0.25, 0.3) is 11.0 Å². The quantitative estimate of drug-likeness (QED) is 0.821. The van der Waals surface area contributed by atoms with Gasteiger partial charge in [-0.3, -0.25) is 4.79 Å². The third kappa shape index (κ3) is 3.52. The number of hydrogen-bond donors (Lipinski definition) is 1. The zero-order chi connectivity index (χ0) is 18.1. The van der Waals surface area contributed by atoms with Gasteiger partial charge in [0.05, 0.1) is 6.04 Å². The molecular formula is C22H30N2O2. The average Bonchev–Trinajstić information content (AvgIpc) is 3.22. The second-order valence-corrected chi connectivity index (χ2v) is 8.13.